The lowest BCUT2D eigenvalue weighted by Crippen LogP contribution is -2.51. The van der Waals surface area contributed by atoms with E-state index >= 15 is 0 Å². The van der Waals surface area contributed by atoms with Gasteiger partial charge in [-0.1, -0.05) is 0 Å². The molecule has 0 radical (unpaired) electrons. The molecule has 1 aromatic heterocycles. The molecular weight excluding hydrogens is 496 g/mol. The topological polar surface area (TPSA) is 102 Å². The molecule has 0 spiro atoms. The molecular formula is C30H34N4O5. The number of hydrogen-bond acceptors (Lipinski definition) is 7. The lowest BCUT2D eigenvalue weighted by molar-refractivity contribution is -0.135. The summed E-state index contributed by atoms with van der Waals surface area (Å²) in [7, 11) is 5.35. The van der Waals surface area contributed by atoms with E-state index in [0.717, 1.165) is 23.7 Å². The zero-order valence-electron chi connectivity index (χ0n) is 22.5. The molecule has 3 aromatic rings. The van der Waals surface area contributed by atoms with Gasteiger partial charge in [0, 0.05) is 41.5 Å². The van der Waals surface area contributed by atoms with Crippen molar-refractivity contribution in [3.63, 3.8) is 0 Å². The number of methoxy groups -OCH3 is 2. The van der Waals surface area contributed by atoms with Crippen molar-refractivity contribution in [3.05, 3.63) is 48.7 Å². The van der Waals surface area contributed by atoms with Gasteiger partial charge in [0.05, 0.1) is 19.7 Å². The maximum absolute atomic E-state index is 13.2. The molecule has 1 saturated carbocycles. The minimum absolute atomic E-state index is 0.134. The number of piperidine rings is 1. The van der Waals surface area contributed by atoms with Gasteiger partial charge in [-0.25, -0.2) is 0 Å². The fraction of sp³-hybridized carbons (Fsp3) is 0.433. The number of hydrogen-bond donors (Lipinski definition) is 2. The number of rotatable bonds is 8. The third-order valence-electron chi connectivity index (χ3n) is 8.60. The quantitative estimate of drug-likeness (QED) is 0.414. The molecule has 9 nitrogen and oxygen atoms in total. The van der Waals surface area contributed by atoms with Gasteiger partial charge >= 0.3 is 0 Å². The summed E-state index contributed by atoms with van der Waals surface area (Å²) in [5.74, 6) is 2.02. The van der Waals surface area contributed by atoms with E-state index in [4.69, 9.17) is 14.2 Å². The van der Waals surface area contributed by atoms with Crippen LogP contribution in [-0.4, -0.2) is 61.1 Å². The Labute approximate surface area is 227 Å². The first-order valence-electron chi connectivity index (χ1n) is 13.5. The van der Waals surface area contributed by atoms with Crippen molar-refractivity contribution in [1.29, 1.82) is 0 Å². The highest BCUT2D eigenvalue weighted by Gasteiger charge is 2.57. The molecule has 39 heavy (non-hydrogen) atoms. The number of nitrogens with zero attached hydrogens (tertiary/aromatic N) is 2. The number of pyridine rings is 1. The molecule has 2 aliphatic heterocycles. The Morgan fingerprint density at radius 2 is 1.59 bits per heavy atom. The summed E-state index contributed by atoms with van der Waals surface area (Å²) in [5, 5.41) is 6.94. The van der Waals surface area contributed by atoms with E-state index in [1.54, 1.807) is 56.8 Å². The fourth-order valence-electron chi connectivity index (χ4n) is 6.06. The highest BCUT2D eigenvalue weighted by molar-refractivity contribution is 6.13. The van der Waals surface area contributed by atoms with Crippen LogP contribution in [0, 0.1) is 5.41 Å². The second-order valence-electron chi connectivity index (χ2n) is 10.9. The van der Waals surface area contributed by atoms with Crippen molar-refractivity contribution in [2.75, 3.05) is 26.6 Å². The fourth-order valence-corrected chi connectivity index (χ4v) is 6.06. The lowest BCUT2D eigenvalue weighted by atomic mass is 9.96. The standard InChI is InChI=1S/C30H34N4O5/c1-34-20-6-7-21(34)15-19(14-20)33-29(36)30(11-12-30)28(35)32-18-4-8-22(9-5-18)39-25-10-13-31-24-17-27(38-3)26(37-2)16-23(24)25/h4-5,8-10,13,16-17,19-21H,6-7,11-12,14-15H2,1-3H3,(H,32,35)(H,33,36)/t19?,20-,21+. The van der Waals surface area contributed by atoms with Crippen LogP contribution < -0.4 is 24.8 Å². The van der Waals surface area contributed by atoms with Gasteiger partial charge in [-0.15, -0.1) is 0 Å². The largest absolute Gasteiger partial charge is 0.493 e. The summed E-state index contributed by atoms with van der Waals surface area (Å²) in [5.41, 5.74) is 0.373. The van der Waals surface area contributed by atoms with Gasteiger partial charge in [-0.3, -0.25) is 14.6 Å². The maximum Gasteiger partial charge on any atom is 0.240 e. The first-order valence-corrected chi connectivity index (χ1v) is 13.5. The molecule has 6 rings (SSSR count). The number of aromatic nitrogens is 1. The van der Waals surface area contributed by atoms with E-state index in [0.29, 0.717) is 53.6 Å². The Balaban J connectivity index is 1.10. The number of benzene rings is 2. The minimum Gasteiger partial charge on any atom is -0.493 e. The average Bonchev–Trinajstić information content (AvgIpc) is 3.73. The van der Waals surface area contributed by atoms with E-state index in [9.17, 15) is 9.59 Å². The maximum atomic E-state index is 13.2. The van der Waals surface area contributed by atoms with Gasteiger partial charge in [-0.2, -0.15) is 0 Å². The second kappa shape index (κ2) is 10.0. The van der Waals surface area contributed by atoms with Crippen LogP contribution in [0.3, 0.4) is 0 Å². The van der Waals surface area contributed by atoms with E-state index in [-0.39, 0.29) is 17.9 Å². The lowest BCUT2D eigenvalue weighted by Gasteiger charge is -2.37. The van der Waals surface area contributed by atoms with Gasteiger partial charge in [0.15, 0.2) is 11.5 Å². The van der Waals surface area contributed by atoms with Crippen LogP contribution in [0.2, 0.25) is 0 Å². The molecule has 1 aliphatic carbocycles. The number of ether oxygens (including phenoxy) is 3. The molecule has 3 aliphatic rings. The van der Waals surface area contributed by atoms with Crippen molar-refractivity contribution in [2.45, 2.75) is 56.7 Å². The van der Waals surface area contributed by atoms with Crippen LogP contribution in [0.1, 0.15) is 38.5 Å². The zero-order chi connectivity index (χ0) is 27.1. The molecule has 9 heteroatoms. The van der Waals surface area contributed by atoms with Crippen molar-refractivity contribution >= 4 is 28.4 Å². The van der Waals surface area contributed by atoms with E-state index in [1.165, 1.54) is 12.8 Å². The van der Waals surface area contributed by atoms with Crippen LogP contribution in [0.4, 0.5) is 5.69 Å². The van der Waals surface area contributed by atoms with Crippen molar-refractivity contribution in [3.8, 4) is 23.0 Å². The summed E-state index contributed by atoms with van der Waals surface area (Å²) < 4.78 is 16.9. The van der Waals surface area contributed by atoms with Gasteiger partial charge in [0.25, 0.3) is 0 Å². The summed E-state index contributed by atoms with van der Waals surface area (Å²) in [6.07, 6.45) is 7.15. The Morgan fingerprint density at radius 3 is 2.23 bits per heavy atom. The van der Waals surface area contributed by atoms with Gasteiger partial charge in [0.2, 0.25) is 11.8 Å². The molecule has 2 aromatic carbocycles. The van der Waals surface area contributed by atoms with Crippen molar-refractivity contribution in [1.82, 2.24) is 15.2 Å². The molecule has 2 saturated heterocycles. The van der Waals surface area contributed by atoms with E-state index in [1.807, 2.05) is 6.07 Å². The molecule has 1 unspecified atom stereocenters. The summed E-state index contributed by atoms with van der Waals surface area (Å²) in [6.45, 7) is 0. The van der Waals surface area contributed by atoms with Gasteiger partial charge in [-0.05, 0) is 82.0 Å². The molecule has 2 amide bonds. The molecule has 3 heterocycles. The van der Waals surface area contributed by atoms with Crippen LogP contribution >= 0.6 is 0 Å². The third kappa shape index (κ3) is 4.76. The Morgan fingerprint density at radius 1 is 0.923 bits per heavy atom. The van der Waals surface area contributed by atoms with Crippen LogP contribution in [0.15, 0.2) is 48.7 Å². The number of carbonyl (C=O) groups is 2. The van der Waals surface area contributed by atoms with E-state index < -0.39 is 5.41 Å². The van der Waals surface area contributed by atoms with Crippen LogP contribution in [0.5, 0.6) is 23.0 Å². The van der Waals surface area contributed by atoms with Gasteiger partial charge in [0.1, 0.15) is 16.9 Å². The SMILES string of the molecule is COc1cc2nccc(Oc3ccc(NC(=O)C4(C(=O)NC5C[C@H]6CC[C@@H](C5)N6C)CC4)cc3)c2cc1OC. The number of nitrogens with one attached hydrogen (secondary N) is 2. The second-order valence-corrected chi connectivity index (χ2v) is 10.9. The Kier molecular flexibility index (Phi) is 6.54. The number of carbonyl (C=O) groups excluding carboxylic acids is 2. The van der Waals surface area contributed by atoms with Crippen molar-refractivity contribution < 1.29 is 23.8 Å². The zero-order valence-corrected chi connectivity index (χ0v) is 22.5. The Hall–Kier alpha value is -3.85. The van der Waals surface area contributed by atoms with Crippen molar-refractivity contribution in [2.24, 2.45) is 5.41 Å². The molecule has 3 fully saturated rings. The molecule has 3 atom stereocenters. The predicted molar refractivity (Wildman–Crippen MR) is 147 cm³/mol. The van der Waals surface area contributed by atoms with E-state index in [2.05, 4.69) is 27.6 Å². The van der Waals surface area contributed by atoms with Gasteiger partial charge < -0.3 is 29.7 Å². The molecule has 2 N–H and O–H groups in total. The molecule has 2 bridgehead atoms. The number of amides is 2. The summed E-state index contributed by atoms with van der Waals surface area (Å²) >= 11 is 0. The number of anilines is 1. The molecule has 204 valence electrons. The monoisotopic (exact) mass is 530 g/mol. The normalized spacial score (nSPS) is 23.2. The third-order valence-corrected chi connectivity index (χ3v) is 8.60. The first kappa shape index (κ1) is 25.4. The predicted octanol–water partition coefficient (Wildman–Crippen LogP) is 4.50. The van der Waals surface area contributed by atoms with Crippen LogP contribution in [0.25, 0.3) is 10.9 Å². The summed E-state index contributed by atoms with van der Waals surface area (Å²) in [4.78, 5) is 33.2. The highest BCUT2D eigenvalue weighted by atomic mass is 16.5. The smallest absolute Gasteiger partial charge is 0.240 e. The highest BCUT2D eigenvalue weighted by Crippen LogP contribution is 2.47. The minimum atomic E-state index is -0.965. The summed E-state index contributed by atoms with van der Waals surface area (Å²) in [6, 6.07) is 13.8. The average molecular weight is 531 g/mol. The number of fused-ring (bicyclic) bond motifs is 3. The first-order chi connectivity index (χ1) is 18.9. The Bertz CT molecular complexity index is 1390. The van der Waals surface area contributed by atoms with Crippen LogP contribution in [-0.2, 0) is 9.59 Å².